The van der Waals surface area contributed by atoms with E-state index in [4.69, 9.17) is 13.8 Å². The average Bonchev–Trinajstić information content (AvgIpc) is 3.44. The van der Waals surface area contributed by atoms with E-state index >= 15 is 0 Å². The number of phosphoric acid groups is 1. The molecule has 0 bridgehead atoms. The van der Waals surface area contributed by atoms with Crippen molar-refractivity contribution in [3.63, 3.8) is 0 Å². The molecular formula is C71H125N2O7P. The van der Waals surface area contributed by atoms with Crippen molar-refractivity contribution < 1.29 is 37.3 Å². The highest BCUT2D eigenvalue weighted by Gasteiger charge is 2.27. The Morgan fingerprint density at radius 1 is 0.444 bits per heavy atom. The van der Waals surface area contributed by atoms with Gasteiger partial charge in [0.2, 0.25) is 5.91 Å². The molecule has 0 rings (SSSR count). The zero-order valence-electron chi connectivity index (χ0n) is 53.2. The standard InChI is InChI=1S/C71H125N2O7P/c1-7-10-13-16-19-22-25-27-29-31-33-35-36-38-40-42-44-46-49-52-55-58-61-64-71(75)80-69(62-59-56-53-50-47-24-21-18-15-12-9-3)68(67-79-81(76,77)78-66-65-73(4,5)6)72-70(74)63-60-57-54-51-48-45-43-41-39-37-34-32-30-28-26-23-20-17-14-11-8-2/h10,13,19-20,22-23,27-30,33-35,37-38,40,59,62,68-69H,7-9,11-12,14-18,21,24-26,31-32,36,39,41-58,60-61,63-67H2,1-6H3,(H-,72,74,76,77)/b13-10-,22-19-,23-20-,29-27-,30-28-,35-33-,37-34-,40-38-,62-59+. The van der Waals surface area contributed by atoms with Crippen molar-refractivity contribution in [2.75, 3.05) is 40.9 Å². The first-order valence-corrected chi connectivity index (χ1v) is 34.7. The summed E-state index contributed by atoms with van der Waals surface area (Å²) in [5, 5.41) is 3.03. The van der Waals surface area contributed by atoms with Crippen LogP contribution in [0.15, 0.2) is 109 Å². The van der Waals surface area contributed by atoms with Gasteiger partial charge in [0.15, 0.2) is 0 Å². The molecule has 0 aliphatic carbocycles. The maximum absolute atomic E-state index is 13.6. The van der Waals surface area contributed by atoms with Crippen molar-refractivity contribution in [2.24, 2.45) is 0 Å². The van der Waals surface area contributed by atoms with Crippen LogP contribution in [0, 0.1) is 0 Å². The third kappa shape index (κ3) is 61.1. The maximum atomic E-state index is 13.6. The number of unbranched alkanes of at least 4 members (excludes halogenated alkanes) is 27. The Kier molecular flexibility index (Phi) is 57.4. The van der Waals surface area contributed by atoms with E-state index in [0.717, 1.165) is 122 Å². The van der Waals surface area contributed by atoms with Crippen LogP contribution in [0.25, 0.3) is 0 Å². The summed E-state index contributed by atoms with van der Waals surface area (Å²) in [5.41, 5.74) is 0. The molecule has 0 aromatic carbocycles. The highest BCUT2D eigenvalue weighted by molar-refractivity contribution is 7.45. The average molecular weight is 1150 g/mol. The molecule has 9 nitrogen and oxygen atoms in total. The van der Waals surface area contributed by atoms with Crippen LogP contribution in [0.5, 0.6) is 0 Å². The van der Waals surface area contributed by atoms with Crippen molar-refractivity contribution in [1.29, 1.82) is 0 Å². The van der Waals surface area contributed by atoms with E-state index in [1.54, 1.807) is 0 Å². The number of likely N-dealkylation sites (N-methyl/N-ethyl adjacent to an activating group) is 1. The molecule has 466 valence electrons. The molecule has 0 heterocycles. The van der Waals surface area contributed by atoms with Gasteiger partial charge in [-0.2, -0.15) is 0 Å². The van der Waals surface area contributed by atoms with Gasteiger partial charge >= 0.3 is 5.97 Å². The molecule has 3 atom stereocenters. The highest BCUT2D eigenvalue weighted by atomic mass is 31.2. The lowest BCUT2D eigenvalue weighted by Gasteiger charge is -2.30. The number of rotatable bonds is 59. The lowest BCUT2D eigenvalue weighted by molar-refractivity contribution is -0.870. The number of quaternary nitrogens is 1. The molecule has 0 aliphatic heterocycles. The first-order chi connectivity index (χ1) is 39.4. The van der Waals surface area contributed by atoms with Crippen molar-refractivity contribution >= 4 is 19.7 Å². The summed E-state index contributed by atoms with van der Waals surface area (Å²) in [6.45, 7) is 6.68. The summed E-state index contributed by atoms with van der Waals surface area (Å²) >= 11 is 0. The summed E-state index contributed by atoms with van der Waals surface area (Å²) in [7, 11) is 1.16. The summed E-state index contributed by atoms with van der Waals surface area (Å²) < 4.78 is 30.4. The molecule has 0 fully saturated rings. The van der Waals surface area contributed by atoms with Crippen LogP contribution in [0.2, 0.25) is 0 Å². The minimum Gasteiger partial charge on any atom is -0.756 e. The number of allylic oxidation sites excluding steroid dienone is 17. The lowest BCUT2D eigenvalue weighted by atomic mass is 10.0. The van der Waals surface area contributed by atoms with Gasteiger partial charge in [-0.25, -0.2) is 0 Å². The summed E-state index contributed by atoms with van der Waals surface area (Å²) in [6, 6.07) is -0.904. The maximum Gasteiger partial charge on any atom is 0.306 e. The summed E-state index contributed by atoms with van der Waals surface area (Å²) in [4.78, 5) is 40.1. The SMILES string of the molecule is CC/C=C\C/C=C\C/C=C\C/C=C\C/C=C\CCCCCCCCCC(=O)OC(/C=C/CCCCCCCCCCC)C(COP(=O)([O-])OCC[N+](C)(C)C)NC(=O)CCCCCCCCCC/C=C\C/C=C\C/C=C\CCCCC. The van der Waals surface area contributed by atoms with Crippen LogP contribution in [0.1, 0.15) is 278 Å². The van der Waals surface area contributed by atoms with Gasteiger partial charge < -0.3 is 28.5 Å². The number of carbonyl (C=O) groups is 2. The number of amides is 1. The molecule has 0 aromatic rings. The first-order valence-electron chi connectivity index (χ1n) is 33.2. The minimum atomic E-state index is -4.71. The van der Waals surface area contributed by atoms with E-state index in [2.05, 4.69) is 123 Å². The largest absolute Gasteiger partial charge is 0.756 e. The first kappa shape index (κ1) is 77.7. The van der Waals surface area contributed by atoms with Gasteiger partial charge in [-0.3, -0.25) is 14.2 Å². The second kappa shape index (κ2) is 59.8. The van der Waals surface area contributed by atoms with Crippen molar-refractivity contribution in [3.05, 3.63) is 109 Å². The van der Waals surface area contributed by atoms with Crippen LogP contribution >= 0.6 is 7.82 Å². The Morgan fingerprint density at radius 2 is 0.790 bits per heavy atom. The number of esters is 1. The van der Waals surface area contributed by atoms with Gasteiger partial charge in [-0.05, 0) is 115 Å². The molecular weight excluding hydrogens is 1020 g/mol. The number of hydrogen-bond donors (Lipinski definition) is 1. The van der Waals surface area contributed by atoms with E-state index in [-0.39, 0.29) is 24.9 Å². The Labute approximate surface area is 500 Å². The van der Waals surface area contributed by atoms with E-state index in [1.165, 1.54) is 116 Å². The molecule has 3 unspecified atom stereocenters. The van der Waals surface area contributed by atoms with Crippen LogP contribution in [0.3, 0.4) is 0 Å². The van der Waals surface area contributed by atoms with Crippen LogP contribution in [-0.2, 0) is 27.9 Å². The molecule has 0 radical (unpaired) electrons. The third-order valence-corrected chi connectivity index (χ3v) is 15.2. The zero-order valence-corrected chi connectivity index (χ0v) is 54.1. The third-order valence-electron chi connectivity index (χ3n) is 14.2. The van der Waals surface area contributed by atoms with Gasteiger partial charge in [0, 0.05) is 12.8 Å². The minimum absolute atomic E-state index is 0.0310. The zero-order chi connectivity index (χ0) is 59.3. The topological polar surface area (TPSA) is 114 Å². The summed E-state index contributed by atoms with van der Waals surface area (Å²) in [6.07, 6.45) is 82.0. The second-order valence-electron chi connectivity index (χ2n) is 23.2. The normalized spacial score (nSPS) is 14.3. The second-order valence-corrected chi connectivity index (χ2v) is 24.6. The number of hydrogen-bond acceptors (Lipinski definition) is 7. The number of ether oxygens (including phenoxy) is 1. The molecule has 0 aromatic heterocycles. The fraction of sp³-hybridized carbons (Fsp3) is 0.718. The Hall–Kier alpha value is -3.33. The predicted molar refractivity (Wildman–Crippen MR) is 348 cm³/mol. The van der Waals surface area contributed by atoms with E-state index in [9.17, 15) is 19.0 Å². The molecule has 0 saturated heterocycles. The van der Waals surface area contributed by atoms with Crippen LogP contribution in [-0.4, -0.2) is 69.4 Å². The van der Waals surface area contributed by atoms with E-state index in [0.29, 0.717) is 23.9 Å². The van der Waals surface area contributed by atoms with Crippen molar-refractivity contribution in [1.82, 2.24) is 5.32 Å². The van der Waals surface area contributed by atoms with Crippen LogP contribution < -0.4 is 10.2 Å². The van der Waals surface area contributed by atoms with Gasteiger partial charge in [0.25, 0.3) is 7.82 Å². The van der Waals surface area contributed by atoms with Crippen LogP contribution in [0.4, 0.5) is 0 Å². The van der Waals surface area contributed by atoms with Crippen molar-refractivity contribution in [3.8, 4) is 0 Å². The molecule has 0 spiro atoms. The molecule has 81 heavy (non-hydrogen) atoms. The molecule has 1 N–H and O–H groups in total. The Bertz CT molecular complexity index is 1750. The monoisotopic (exact) mass is 1150 g/mol. The van der Waals surface area contributed by atoms with Gasteiger partial charge in [0.1, 0.15) is 19.3 Å². The number of nitrogens with one attached hydrogen (secondary N) is 1. The highest BCUT2D eigenvalue weighted by Crippen LogP contribution is 2.38. The van der Waals surface area contributed by atoms with Crippen molar-refractivity contribution in [2.45, 2.75) is 290 Å². The fourth-order valence-electron chi connectivity index (χ4n) is 9.08. The van der Waals surface area contributed by atoms with Gasteiger partial charge in [-0.15, -0.1) is 0 Å². The lowest BCUT2D eigenvalue weighted by Crippen LogP contribution is -2.47. The quantitative estimate of drug-likeness (QED) is 0.0212. The smallest absolute Gasteiger partial charge is 0.306 e. The Balaban J connectivity index is 5.17. The van der Waals surface area contributed by atoms with E-state index < -0.39 is 26.6 Å². The Morgan fingerprint density at radius 3 is 1.21 bits per heavy atom. The number of carbonyl (C=O) groups excluding carboxylic acids is 2. The molecule has 10 heteroatoms. The molecule has 0 aliphatic rings. The van der Waals surface area contributed by atoms with E-state index in [1.807, 2.05) is 33.3 Å². The van der Waals surface area contributed by atoms with Gasteiger partial charge in [-0.1, -0.05) is 259 Å². The number of phosphoric ester groups is 1. The van der Waals surface area contributed by atoms with Gasteiger partial charge in [0.05, 0.1) is 33.8 Å². The molecule has 0 saturated carbocycles. The number of nitrogens with zero attached hydrogens (tertiary/aromatic N) is 1. The molecule has 1 amide bonds. The summed E-state index contributed by atoms with van der Waals surface area (Å²) in [5.74, 6) is -0.565. The fourth-order valence-corrected chi connectivity index (χ4v) is 9.81. The predicted octanol–water partition coefficient (Wildman–Crippen LogP) is 20.3.